The van der Waals surface area contributed by atoms with Gasteiger partial charge in [0.25, 0.3) is 0 Å². The molecular weight excluding hydrogens is 244 g/mol. The number of nitrogens with zero attached hydrogens (tertiary/aromatic N) is 1. The topological polar surface area (TPSA) is 46.3 Å². The van der Waals surface area contributed by atoms with Gasteiger partial charge in [-0.15, -0.1) is 11.3 Å². The van der Waals surface area contributed by atoms with Crippen LogP contribution in [0.25, 0.3) is 6.08 Å². The van der Waals surface area contributed by atoms with Crippen LogP contribution in [0.3, 0.4) is 0 Å². The number of nitrogens with two attached hydrogens (primary N) is 1. The number of piperidine rings is 1. The van der Waals surface area contributed by atoms with E-state index in [1.807, 2.05) is 28.5 Å². The largest absolute Gasteiger partial charge is 0.335 e. The number of hydrogen-bond donors (Lipinski definition) is 1. The molecule has 0 aromatic carbocycles. The summed E-state index contributed by atoms with van der Waals surface area (Å²) in [6, 6.07) is 4.19. The Bertz CT molecular complexity index is 413. The first kappa shape index (κ1) is 13.3. The van der Waals surface area contributed by atoms with E-state index in [2.05, 4.69) is 6.92 Å². The zero-order valence-electron chi connectivity index (χ0n) is 10.7. The number of rotatable bonds is 3. The van der Waals surface area contributed by atoms with Crippen molar-refractivity contribution in [1.82, 2.24) is 4.90 Å². The Labute approximate surface area is 112 Å². The molecule has 0 aliphatic carbocycles. The van der Waals surface area contributed by atoms with Crippen LogP contribution in [0, 0.1) is 5.92 Å². The first-order valence-electron chi connectivity index (χ1n) is 6.44. The minimum absolute atomic E-state index is 0.0883. The molecule has 1 fully saturated rings. The van der Waals surface area contributed by atoms with E-state index in [1.54, 1.807) is 17.4 Å². The molecule has 0 bridgehead atoms. The molecule has 98 valence electrons. The molecule has 1 aliphatic heterocycles. The van der Waals surface area contributed by atoms with Gasteiger partial charge in [0.2, 0.25) is 5.91 Å². The van der Waals surface area contributed by atoms with Crippen LogP contribution < -0.4 is 5.73 Å². The second-order valence-electron chi connectivity index (χ2n) is 4.80. The summed E-state index contributed by atoms with van der Waals surface area (Å²) in [5.74, 6) is 0.591. The Morgan fingerprint density at radius 3 is 3.17 bits per heavy atom. The van der Waals surface area contributed by atoms with Gasteiger partial charge >= 0.3 is 0 Å². The fourth-order valence-corrected chi connectivity index (χ4v) is 3.14. The van der Waals surface area contributed by atoms with Crippen LogP contribution in [0.4, 0.5) is 0 Å². The number of carbonyl (C=O) groups excluding carboxylic acids is 1. The monoisotopic (exact) mass is 264 g/mol. The van der Waals surface area contributed by atoms with Crippen LogP contribution in [0.5, 0.6) is 0 Å². The highest BCUT2D eigenvalue weighted by Crippen LogP contribution is 2.23. The number of thiophene rings is 1. The Balaban J connectivity index is 2.03. The predicted octanol–water partition coefficient (Wildman–Crippen LogP) is 2.35. The molecule has 4 heteroatoms. The lowest BCUT2D eigenvalue weighted by Crippen LogP contribution is -2.50. The highest BCUT2D eigenvalue weighted by molar-refractivity contribution is 7.10. The lowest BCUT2D eigenvalue weighted by Gasteiger charge is -2.38. The van der Waals surface area contributed by atoms with Crippen LogP contribution in [-0.2, 0) is 4.79 Å². The molecule has 0 radical (unpaired) electrons. The van der Waals surface area contributed by atoms with Crippen molar-refractivity contribution in [3.8, 4) is 0 Å². The molecule has 1 aliphatic rings. The maximum atomic E-state index is 12.2. The molecule has 2 N–H and O–H groups in total. The fourth-order valence-electron chi connectivity index (χ4n) is 2.52. The summed E-state index contributed by atoms with van der Waals surface area (Å²) in [6.07, 6.45) is 5.81. The third kappa shape index (κ3) is 3.00. The molecule has 0 spiro atoms. The van der Waals surface area contributed by atoms with E-state index in [4.69, 9.17) is 5.73 Å². The number of hydrogen-bond acceptors (Lipinski definition) is 3. The summed E-state index contributed by atoms with van der Waals surface area (Å²) in [5, 5.41) is 2.01. The Kier molecular flexibility index (Phi) is 4.55. The summed E-state index contributed by atoms with van der Waals surface area (Å²) in [7, 11) is 0. The summed E-state index contributed by atoms with van der Waals surface area (Å²) >= 11 is 1.64. The first-order chi connectivity index (χ1) is 8.72. The van der Waals surface area contributed by atoms with Crippen molar-refractivity contribution in [2.75, 3.05) is 13.1 Å². The van der Waals surface area contributed by atoms with Crippen LogP contribution in [0.2, 0.25) is 0 Å². The summed E-state index contributed by atoms with van der Waals surface area (Å²) in [5.41, 5.74) is 5.80. The zero-order chi connectivity index (χ0) is 13.0. The van der Waals surface area contributed by atoms with Crippen LogP contribution in [-0.4, -0.2) is 29.9 Å². The van der Waals surface area contributed by atoms with Gasteiger partial charge in [0.05, 0.1) is 0 Å². The Morgan fingerprint density at radius 2 is 2.50 bits per heavy atom. The minimum Gasteiger partial charge on any atom is -0.335 e. The predicted molar refractivity (Wildman–Crippen MR) is 76.3 cm³/mol. The van der Waals surface area contributed by atoms with Crippen LogP contribution >= 0.6 is 11.3 Å². The van der Waals surface area contributed by atoms with E-state index in [1.165, 1.54) is 6.42 Å². The molecule has 1 aromatic rings. The van der Waals surface area contributed by atoms with Crippen molar-refractivity contribution in [2.24, 2.45) is 11.7 Å². The van der Waals surface area contributed by atoms with Crippen molar-refractivity contribution in [3.05, 3.63) is 28.5 Å². The minimum atomic E-state index is 0.0883. The molecule has 1 saturated heterocycles. The summed E-state index contributed by atoms with van der Waals surface area (Å²) in [4.78, 5) is 15.2. The Hall–Kier alpha value is -1.13. The lowest BCUT2D eigenvalue weighted by molar-refractivity contribution is -0.130. The van der Waals surface area contributed by atoms with Crippen molar-refractivity contribution < 1.29 is 4.79 Å². The zero-order valence-corrected chi connectivity index (χ0v) is 11.5. The average molecular weight is 264 g/mol. The highest BCUT2D eigenvalue weighted by atomic mass is 32.1. The summed E-state index contributed by atoms with van der Waals surface area (Å²) < 4.78 is 0. The molecule has 18 heavy (non-hydrogen) atoms. The van der Waals surface area contributed by atoms with Crippen molar-refractivity contribution >= 4 is 23.3 Å². The number of likely N-dealkylation sites (tertiary alicyclic amines) is 1. The first-order valence-corrected chi connectivity index (χ1v) is 7.32. The summed E-state index contributed by atoms with van der Waals surface area (Å²) in [6.45, 7) is 3.57. The van der Waals surface area contributed by atoms with E-state index >= 15 is 0 Å². The highest BCUT2D eigenvalue weighted by Gasteiger charge is 2.29. The molecule has 1 amide bonds. The normalized spacial score (nSPS) is 24.7. The van der Waals surface area contributed by atoms with Gasteiger partial charge in [0.1, 0.15) is 0 Å². The van der Waals surface area contributed by atoms with E-state index in [0.717, 1.165) is 17.8 Å². The molecule has 2 rings (SSSR count). The van der Waals surface area contributed by atoms with E-state index in [9.17, 15) is 4.79 Å². The molecule has 0 saturated carbocycles. The van der Waals surface area contributed by atoms with Gasteiger partial charge in [-0.25, -0.2) is 0 Å². The van der Waals surface area contributed by atoms with Gasteiger partial charge in [-0.1, -0.05) is 13.0 Å². The van der Waals surface area contributed by atoms with Gasteiger partial charge in [-0.3, -0.25) is 4.79 Å². The quantitative estimate of drug-likeness (QED) is 0.852. The second-order valence-corrected chi connectivity index (χ2v) is 5.78. The third-order valence-corrected chi connectivity index (χ3v) is 4.41. The molecule has 3 nitrogen and oxygen atoms in total. The lowest BCUT2D eigenvalue weighted by atomic mass is 9.91. The molecule has 2 unspecified atom stereocenters. The van der Waals surface area contributed by atoms with Crippen molar-refractivity contribution in [1.29, 1.82) is 0 Å². The van der Waals surface area contributed by atoms with Crippen LogP contribution in [0.1, 0.15) is 24.6 Å². The van der Waals surface area contributed by atoms with Gasteiger partial charge in [0, 0.05) is 30.1 Å². The molecular formula is C14H20N2OS. The van der Waals surface area contributed by atoms with Gasteiger partial charge in [-0.05, 0) is 36.3 Å². The Morgan fingerprint density at radius 1 is 1.67 bits per heavy atom. The van der Waals surface area contributed by atoms with E-state index < -0.39 is 0 Å². The smallest absolute Gasteiger partial charge is 0.246 e. The maximum Gasteiger partial charge on any atom is 0.246 e. The fraction of sp³-hybridized carbons (Fsp3) is 0.500. The molecule has 1 aromatic heterocycles. The SMILES string of the molecule is CC1CCCN(C(=O)C=Cc2cccs2)C1CN. The second kappa shape index (κ2) is 6.16. The van der Waals surface area contributed by atoms with E-state index in [-0.39, 0.29) is 11.9 Å². The number of amides is 1. The van der Waals surface area contributed by atoms with Crippen LogP contribution in [0.15, 0.2) is 23.6 Å². The average Bonchev–Trinajstić information content (AvgIpc) is 2.88. The molecule has 2 heterocycles. The van der Waals surface area contributed by atoms with E-state index in [0.29, 0.717) is 12.5 Å². The van der Waals surface area contributed by atoms with Crippen molar-refractivity contribution in [3.63, 3.8) is 0 Å². The molecule has 2 atom stereocenters. The van der Waals surface area contributed by atoms with Gasteiger partial charge in [-0.2, -0.15) is 0 Å². The standard InChI is InChI=1S/C14H20N2OS/c1-11-4-2-8-16(13(11)10-15)14(17)7-6-12-5-3-9-18-12/h3,5-7,9,11,13H,2,4,8,10,15H2,1H3. The van der Waals surface area contributed by atoms with Crippen molar-refractivity contribution in [2.45, 2.75) is 25.8 Å². The maximum absolute atomic E-state index is 12.2. The van der Waals surface area contributed by atoms with Gasteiger partial charge < -0.3 is 10.6 Å². The van der Waals surface area contributed by atoms with Gasteiger partial charge in [0.15, 0.2) is 0 Å². The third-order valence-electron chi connectivity index (χ3n) is 3.57. The number of carbonyl (C=O) groups is 1.